The zero-order chi connectivity index (χ0) is 25.5. The van der Waals surface area contributed by atoms with Crippen LogP contribution in [0.15, 0.2) is 41.3 Å². The first-order chi connectivity index (χ1) is 16.7. The second-order valence-corrected chi connectivity index (χ2v) is 8.51. The van der Waals surface area contributed by atoms with E-state index in [0.29, 0.717) is 35.2 Å². The van der Waals surface area contributed by atoms with E-state index in [1.54, 1.807) is 32.0 Å². The van der Waals surface area contributed by atoms with Crippen LogP contribution < -0.4 is 14.6 Å². The Morgan fingerprint density at radius 2 is 1.89 bits per heavy atom. The lowest BCUT2D eigenvalue weighted by molar-refractivity contribution is -0.255. The van der Waals surface area contributed by atoms with E-state index in [1.165, 1.54) is 24.3 Å². The Bertz CT molecular complexity index is 1200. The average Bonchev–Trinajstić information content (AvgIpc) is 3.06. The number of nitrogens with zero attached hydrogens (tertiary/aromatic N) is 1. The quantitative estimate of drug-likeness (QED) is 0.344. The van der Waals surface area contributed by atoms with Crippen LogP contribution in [0.4, 0.5) is 4.79 Å². The highest BCUT2D eigenvalue weighted by molar-refractivity contribution is 8.18. The predicted octanol–water partition coefficient (Wildman–Crippen LogP) is 3.28. The second kappa shape index (κ2) is 11.8. The van der Waals surface area contributed by atoms with Crippen LogP contribution in [0.25, 0.3) is 6.08 Å². The van der Waals surface area contributed by atoms with Gasteiger partial charge in [0.25, 0.3) is 11.1 Å². The third-order valence-electron chi connectivity index (χ3n) is 4.64. The monoisotopic (exact) mass is 518 g/mol. The molecule has 2 aromatic rings. The van der Waals surface area contributed by atoms with Gasteiger partial charge in [-0.25, -0.2) is 0 Å². The van der Waals surface area contributed by atoms with E-state index in [1.807, 2.05) is 0 Å². The van der Waals surface area contributed by atoms with Crippen molar-refractivity contribution in [1.29, 1.82) is 0 Å². The lowest BCUT2D eigenvalue weighted by Crippen LogP contribution is -2.34. The van der Waals surface area contributed by atoms with E-state index in [2.05, 4.69) is 0 Å². The number of carbonyl (C=O) groups excluding carboxylic acids is 4. The molecule has 1 fully saturated rings. The lowest BCUT2D eigenvalue weighted by Gasteiger charge is -2.15. The molecule has 0 aromatic heterocycles. The SMILES string of the molecule is CCOC(=O)CN1C(=O)S/C(=C/c2cc(Cl)c(OCc3cccc(C(=O)[O-])c3)c(OCC)c2)C1=O. The standard InChI is InChI=1S/C24H22ClNO8S/c1-3-32-18-10-15(11-19-22(28)26(24(31)35-19)12-20(27)33-4-2)9-17(25)21(18)34-13-14-6-5-7-16(8-14)23(29)30/h5-11H,3-4,12-13H2,1-2H3,(H,29,30)/p-1/b19-11+. The summed E-state index contributed by atoms with van der Waals surface area (Å²) in [6.07, 6.45) is 1.47. The highest BCUT2D eigenvalue weighted by Gasteiger charge is 2.36. The largest absolute Gasteiger partial charge is 0.545 e. The summed E-state index contributed by atoms with van der Waals surface area (Å²) in [5, 5.41) is 10.7. The van der Waals surface area contributed by atoms with Crippen LogP contribution in [0.2, 0.25) is 5.02 Å². The maximum atomic E-state index is 12.6. The van der Waals surface area contributed by atoms with Gasteiger partial charge in [0.15, 0.2) is 11.5 Å². The molecule has 0 spiro atoms. The van der Waals surface area contributed by atoms with Gasteiger partial charge in [-0.1, -0.05) is 29.8 Å². The van der Waals surface area contributed by atoms with Crippen molar-refractivity contribution in [1.82, 2.24) is 4.90 Å². The molecule has 9 nitrogen and oxygen atoms in total. The number of carbonyl (C=O) groups is 4. The van der Waals surface area contributed by atoms with Gasteiger partial charge in [-0.15, -0.1) is 0 Å². The average molecular weight is 519 g/mol. The first-order valence-electron chi connectivity index (χ1n) is 10.5. The molecule has 0 aliphatic carbocycles. The van der Waals surface area contributed by atoms with E-state index in [4.69, 9.17) is 25.8 Å². The number of esters is 1. The number of ether oxygens (including phenoxy) is 3. The molecule has 3 rings (SSSR count). The fourth-order valence-electron chi connectivity index (χ4n) is 3.14. The predicted molar refractivity (Wildman–Crippen MR) is 127 cm³/mol. The van der Waals surface area contributed by atoms with Gasteiger partial charge in [-0.3, -0.25) is 19.3 Å². The van der Waals surface area contributed by atoms with Crippen molar-refractivity contribution in [3.05, 3.63) is 63.0 Å². The summed E-state index contributed by atoms with van der Waals surface area (Å²) in [6.45, 7) is 3.39. The molecule has 0 bridgehead atoms. The van der Waals surface area contributed by atoms with E-state index in [0.717, 1.165) is 4.90 Å². The Kier molecular flexibility index (Phi) is 8.78. The Hall–Kier alpha value is -3.50. The minimum Gasteiger partial charge on any atom is -0.545 e. The van der Waals surface area contributed by atoms with E-state index >= 15 is 0 Å². The number of halogens is 1. The summed E-state index contributed by atoms with van der Waals surface area (Å²) in [7, 11) is 0. The zero-order valence-electron chi connectivity index (χ0n) is 18.9. The van der Waals surface area contributed by atoms with Crippen LogP contribution >= 0.6 is 23.4 Å². The minimum absolute atomic E-state index is 0.0208. The van der Waals surface area contributed by atoms with E-state index in [-0.39, 0.29) is 34.5 Å². The van der Waals surface area contributed by atoms with Crippen molar-refractivity contribution in [2.24, 2.45) is 0 Å². The summed E-state index contributed by atoms with van der Waals surface area (Å²) < 4.78 is 16.3. The molecule has 1 aliphatic heterocycles. The molecule has 0 atom stereocenters. The number of amides is 2. The number of rotatable bonds is 10. The molecule has 1 saturated heterocycles. The maximum Gasteiger partial charge on any atom is 0.326 e. The number of hydrogen-bond donors (Lipinski definition) is 0. The Morgan fingerprint density at radius 1 is 1.11 bits per heavy atom. The molecule has 0 unspecified atom stereocenters. The topological polar surface area (TPSA) is 122 Å². The smallest absolute Gasteiger partial charge is 0.326 e. The van der Waals surface area contributed by atoms with Crippen LogP contribution in [-0.2, 0) is 20.9 Å². The molecule has 11 heteroatoms. The first kappa shape index (κ1) is 26.1. The molecule has 184 valence electrons. The molecule has 2 amide bonds. The molecule has 1 aliphatic rings. The molecule has 0 radical (unpaired) electrons. The van der Waals surface area contributed by atoms with Crippen molar-refractivity contribution in [3.63, 3.8) is 0 Å². The maximum absolute atomic E-state index is 12.6. The van der Waals surface area contributed by atoms with Gasteiger partial charge in [0.05, 0.1) is 29.1 Å². The van der Waals surface area contributed by atoms with Gasteiger partial charge in [0.2, 0.25) is 0 Å². The number of thioether (sulfide) groups is 1. The summed E-state index contributed by atoms with van der Waals surface area (Å²) in [5.41, 5.74) is 1.09. The first-order valence-corrected chi connectivity index (χ1v) is 11.7. The van der Waals surface area contributed by atoms with E-state index in [9.17, 15) is 24.3 Å². The molecule has 2 aromatic carbocycles. The number of carboxylic acid groups (broad SMARTS) is 1. The summed E-state index contributed by atoms with van der Waals surface area (Å²) >= 11 is 7.13. The second-order valence-electron chi connectivity index (χ2n) is 7.11. The number of carboxylic acids is 1. The van der Waals surface area contributed by atoms with Gasteiger partial charge in [-0.2, -0.15) is 0 Å². The normalized spacial score (nSPS) is 14.4. The summed E-state index contributed by atoms with van der Waals surface area (Å²) in [5.74, 6) is -2.05. The molecule has 0 N–H and O–H groups in total. The Balaban J connectivity index is 1.82. The van der Waals surface area contributed by atoms with Gasteiger partial charge < -0.3 is 24.1 Å². The number of aromatic carboxylic acids is 1. The number of hydrogen-bond acceptors (Lipinski definition) is 9. The highest BCUT2D eigenvalue weighted by Crippen LogP contribution is 2.39. The lowest BCUT2D eigenvalue weighted by atomic mass is 10.1. The molecule has 0 saturated carbocycles. The number of benzene rings is 2. The van der Waals surface area contributed by atoms with Gasteiger partial charge in [-0.05, 0) is 66.6 Å². The fraction of sp³-hybridized carbons (Fsp3) is 0.250. The van der Waals surface area contributed by atoms with Crippen molar-refractivity contribution in [3.8, 4) is 11.5 Å². The third-order valence-corrected chi connectivity index (χ3v) is 5.83. The molecule has 1 heterocycles. The third kappa shape index (κ3) is 6.55. The van der Waals surface area contributed by atoms with Crippen LogP contribution in [0.3, 0.4) is 0 Å². The zero-order valence-corrected chi connectivity index (χ0v) is 20.4. The van der Waals surface area contributed by atoms with Gasteiger partial charge >= 0.3 is 5.97 Å². The summed E-state index contributed by atoms with van der Waals surface area (Å²) in [6, 6.07) is 9.26. The van der Waals surface area contributed by atoms with Crippen LogP contribution in [0, 0.1) is 0 Å². The molecular weight excluding hydrogens is 498 g/mol. The Labute approximate surface area is 210 Å². The molecular formula is C24H21ClNO8S-. The van der Waals surface area contributed by atoms with Crippen LogP contribution in [-0.4, -0.2) is 47.7 Å². The summed E-state index contributed by atoms with van der Waals surface area (Å²) in [4.78, 5) is 48.5. The van der Waals surface area contributed by atoms with Gasteiger partial charge in [0.1, 0.15) is 13.2 Å². The van der Waals surface area contributed by atoms with Crippen molar-refractivity contribution in [2.75, 3.05) is 19.8 Å². The minimum atomic E-state index is -1.30. The van der Waals surface area contributed by atoms with Crippen LogP contribution in [0.1, 0.15) is 35.3 Å². The van der Waals surface area contributed by atoms with E-state index < -0.39 is 29.6 Å². The number of imide groups is 1. The Morgan fingerprint density at radius 3 is 2.57 bits per heavy atom. The fourth-order valence-corrected chi connectivity index (χ4v) is 4.25. The molecule has 35 heavy (non-hydrogen) atoms. The van der Waals surface area contributed by atoms with Crippen molar-refractivity contribution < 1.29 is 38.5 Å². The van der Waals surface area contributed by atoms with Crippen molar-refractivity contribution in [2.45, 2.75) is 20.5 Å². The van der Waals surface area contributed by atoms with Gasteiger partial charge in [0, 0.05) is 0 Å². The van der Waals surface area contributed by atoms with Crippen LogP contribution in [0.5, 0.6) is 11.5 Å². The van der Waals surface area contributed by atoms with Crippen molar-refractivity contribution >= 4 is 52.5 Å². The highest BCUT2D eigenvalue weighted by atomic mass is 35.5.